The SMILES string of the molecule is O=C(NCc1ccncc1)C1CCN(c2ccc(-c3cccnc3)nn2)CC1. The van der Waals surface area contributed by atoms with Gasteiger partial charge in [-0.15, -0.1) is 10.2 Å². The van der Waals surface area contributed by atoms with Gasteiger partial charge < -0.3 is 10.2 Å². The fourth-order valence-electron chi connectivity index (χ4n) is 3.37. The molecule has 4 rings (SSSR count). The molecule has 3 aromatic rings. The van der Waals surface area contributed by atoms with Gasteiger partial charge in [-0.05, 0) is 54.8 Å². The molecule has 4 heterocycles. The van der Waals surface area contributed by atoms with Gasteiger partial charge in [-0.1, -0.05) is 0 Å². The summed E-state index contributed by atoms with van der Waals surface area (Å²) in [6.07, 6.45) is 8.62. The predicted octanol–water partition coefficient (Wildman–Crippen LogP) is 2.47. The lowest BCUT2D eigenvalue weighted by molar-refractivity contribution is -0.125. The van der Waals surface area contributed by atoms with Gasteiger partial charge >= 0.3 is 0 Å². The molecule has 0 atom stereocenters. The second kappa shape index (κ2) is 8.56. The van der Waals surface area contributed by atoms with Crippen LogP contribution in [-0.4, -0.2) is 39.2 Å². The highest BCUT2D eigenvalue weighted by Gasteiger charge is 2.25. The first-order valence-corrected chi connectivity index (χ1v) is 9.45. The van der Waals surface area contributed by atoms with E-state index in [1.54, 1.807) is 24.8 Å². The zero-order chi connectivity index (χ0) is 19.2. The van der Waals surface area contributed by atoms with Crippen molar-refractivity contribution in [2.45, 2.75) is 19.4 Å². The lowest BCUT2D eigenvalue weighted by Gasteiger charge is -2.31. The van der Waals surface area contributed by atoms with Crippen molar-refractivity contribution in [3.05, 3.63) is 66.7 Å². The number of carbonyl (C=O) groups excluding carboxylic acids is 1. The maximum absolute atomic E-state index is 12.4. The van der Waals surface area contributed by atoms with Gasteiger partial charge in [0.2, 0.25) is 5.91 Å². The van der Waals surface area contributed by atoms with Gasteiger partial charge in [0, 0.05) is 55.9 Å². The number of hydrogen-bond acceptors (Lipinski definition) is 6. The number of hydrogen-bond donors (Lipinski definition) is 1. The van der Waals surface area contributed by atoms with E-state index in [2.05, 4.69) is 30.4 Å². The van der Waals surface area contributed by atoms with Crippen molar-refractivity contribution in [1.29, 1.82) is 0 Å². The van der Waals surface area contributed by atoms with Crippen LogP contribution in [0.5, 0.6) is 0 Å². The molecule has 28 heavy (non-hydrogen) atoms. The van der Waals surface area contributed by atoms with Crippen LogP contribution in [0.3, 0.4) is 0 Å². The molecule has 3 aromatic heterocycles. The Hall–Kier alpha value is -3.35. The van der Waals surface area contributed by atoms with Crippen molar-refractivity contribution in [3.63, 3.8) is 0 Å². The Balaban J connectivity index is 1.29. The van der Waals surface area contributed by atoms with E-state index >= 15 is 0 Å². The summed E-state index contributed by atoms with van der Waals surface area (Å²) < 4.78 is 0. The quantitative estimate of drug-likeness (QED) is 0.739. The molecule has 0 spiro atoms. The fourth-order valence-corrected chi connectivity index (χ4v) is 3.37. The minimum Gasteiger partial charge on any atom is -0.355 e. The normalized spacial score (nSPS) is 14.6. The Morgan fingerprint density at radius 2 is 1.82 bits per heavy atom. The van der Waals surface area contributed by atoms with Gasteiger partial charge in [-0.2, -0.15) is 0 Å². The van der Waals surface area contributed by atoms with Crippen LogP contribution in [0.15, 0.2) is 61.2 Å². The van der Waals surface area contributed by atoms with Gasteiger partial charge in [0.1, 0.15) is 0 Å². The van der Waals surface area contributed by atoms with Crippen LogP contribution in [0.4, 0.5) is 5.82 Å². The molecule has 0 bridgehead atoms. The van der Waals surface area contributed by atoms with E-state index < -0.39 is 0 Å². The van der Waals surface area contributed by atoms with Crippen LogP contribution < -0.4 is 10.2 Å². The summed E-state index contributed by atoms with van der Waals surface area (Å²) in [4.78, 5) is 22.7. The largest absolute Gasteiger partial charge is 0.355 e. The number of pyridine rings is 2. The molecule has 0 saturated carbocycles. The summed E-state index contributed by atoms with van der Waals surface area (Å²) in [5.41, 5.74) is 2.82. The number of piperidine rings is 1. The highest BCUT2D eigenvalue weighted by atomic mass is 16.1. The number of nitrogens with zero attached hydrogens (tertiary/aromatic N) is 5. The first-order valence-electron chi connectivity index (χ1n) is 9.45. The molecular formula is C21H22N6O. The molecule has 0 radical (unpaired) electrons. The van der Waals surface area contributed by atoms with Crippen LogP contribution in [0.2, 0.25) is 0 Å². The molecule has 0 aromatic carbocycles. The van der Waals surface area contributed by atoms with E-state index in [0.717, 1.165) is 48.6 Å². The van der Waals surface area contributed by atoms with Crippen LogP contribution in [-0.2, 0) is 11.3 Å². The van der Waals surface area contributed by atoms with Crippen LogP contribution in [0.25, 0.3) is 11.3 Å². The highest BCUT2D eigenvalue weighted by Crippen LogP contribution is 2.23. The molecular weight excluding hydrogens is 352 g/mol. The molecule has 1 aliphatic heterocycles. The highest BCUT2D eigenvalue weighted by molar-refractivity contribution is 5.79. The first-order chi connectivity index (χ1) is 13.8. The smallest absolute Gasteiger partial charge is 0.223 e. The average molecular weight is 374 g/mol. The number of nitrogens with one attached hydrogen (secondary N) is 1. The number of anilines is 1. The van der Waals surface area contributed by atoms with E-state index in [0.29, 0.717) is 6.54 Å². The Morgan fingerprint density at radius 1 is 1.00 bits per heavy atom. The number of amides is 1. The molecule has 1 fully saturated rings. The first kappa shape index (κ1) is 18.0. The van der Waals surface area contributed by atoms with Crippen molar-refractivity contribution < 1.29 is 4.79 Å². The van der Waals surface area contributed by atoms with Crippen molar-refractivity contribution in [3.8, 4) is 11.3 Å². The minimum atomic E-state index is 0.0423. The summed E-state index contributed by atoms with van der Waals surface area (Å²) in [5.74, 6) is 1.01. The molecule has 142 valence electrons. The Labute approximate surface area is 163 Å². The van der Waals surface area contributed by atoms with Crippen LogP contribution in [0, 0.1) is 5.92 Å². The molecule has 0 unspecified atom stereocenters. The molecule has 1 aliphatic rings. The van der Waals surface area contributed by atoms with E-state index in [1.165, 1.54) is 0 Å². The monoisotopic (exact) mass is 374 g/mol. The molecule has 1 N–H and O–H groups in total. The van der Waals surface area contributed by atoms with Gasteiger partial charge in [-0.3, -0.25) is 14.8 Å². The Bertz CT molecular complexity index is 893. The fraction of sp³-hybridized carbons (Fsp3) is 0.286. The summed E-state index contributed by atoms with van der Waals surface area (Å²) in [7, 11) is 0. The second-order valence-corrected chi connectivity index (χ2v) is 6.85. The number of rotatable bonds is 5. The zero-order valence-corrected chi connectivity index (χ0v) is 15.5. The maximum Gasteiger partial charge on any atom is 0.223 e. The third-order valence-electron chi connectivity index (χ3n) is 5.01. The second-order valence-electron chi connectivity index (χ2n) is 6.85. The third-order valence-corrected chi connectivity index (χ3v) is 5.01. The average Bonchev–Trinajstić information content (AvgIpc) is 2.79. The number of carbonyl (C=O) groups is 1. The minimum absolute atomic E-state index is 0.0423. The van der Waals surface area contributed by atoms with E-state index in [9.17, 15) is 4.79 Å². The van der Waals surface area contributed by atoms with Crippen molar-refractivity contribution >= 4 is 11.7 Å². The topological polar surface area (TPSA) is 83.9 Å². The summed E-state index contributed by atoms with van der Waals surface area (Å²) in [6.45, 7) is 2.14. The third kappa shape index (κ3) is 4.31. The maximum atomic E-state index is 12.4. The molecule has 7 heteroatoms. The van der Waals surface area contributed by atoms with Gasteiger partial charge in [0.05, 0.1) is 5.69 Å². The van der Waals surface area contributed by atoms with E-state index in [-0.39, 0.29) is 11.8 Å². The Morgan fingerprint density at radius 3 is 2.50 bits per heavy atom. The summed E-state index contributed by atoms with van der Waals surface area (Å²) >= 11 is 0. The molecule has 0 aliphatic carbocycles. The predicted molar refractivity (Wildman–Crippen MR) is 106 cm³/mol. The van der Waals surface area contributed by atoms with Crippen molar-refractivity contribution in [2.75, 3.05) is 18.0 Å². The van der Waals surface area contributed by atoms with Crippen molar-refractivity contribution in [2.24, 2.45) is 5.92 Å². The van der Waals surface area contributed by atoms with Crippen LogP contribution >= 0.6 is 0 Å². The number of aromatic nitrogens is 4. The summed E-state index contributed by atoms with van der Waals surface area (Å²) in [6, 6.07) is 11.6. The molecule has 1 saturated heterocycles. The standard InChI is InChI=1S/C21H22N6O/c28-21(24-14-16-5-10-22-11-6-16)17-7-12-27(13-8-17)20-4-3-19(25-26-20)18-2-1-9-23-15-18/h1-6,9-11,15,17H,7-8,12-14H2,(H,24,28). The zero-order valence-electron chi connectivity index (χ0n) is 15.5. The Kier molecular flexibility index (Phi) is 5.51. The van der Waals surface area contributed by atoms with E-state index in [4.69, 9.17) is 0 Å². The van der Waals surface area contributed by atoms with Gasteiger partial charge in [0.25, 0.3) is 0 Å². The lowest BCUT2D eigenvalue weighted by Crippen LogP contribution is -2.40. The summed E-state index contributed by atoms with van der Waals surface area (Å²) in [5, 5.41) is 11.7. The van der Waals surface area contributed by atoms with Gasteiger partial charge in [-0.25, -0.2) is 0 Å². The van der Waals surface area contributed by atoms with Gasteiger partial charge in [0.15, 0.2) is 5.82 Å². The molecule has 1 amide bonds. The van der Waals surface area contributed by atoms with E-state index in [1.807, 2.05) is 36.4 Å². The van der Waals surface area contributed by atoms with Crippen molar-refractivity contribution in [1.82, 2.24) is 25.5 Å². The lowest BCUT2D eigenvalue weighted by atomic mass is 9.96. The van der Waals surface area contributed by atoms with Crippen LogP contribution in [0.1, 0.15) is 18.4 Å². The molecule has 7 nitrogen and oxygen atoms in total.